The Bertz CT molecular complexity index is 377. The molecule has 0 aliphatic rings. The van der Waals surface area contributed by atoms with E-state index in [-0.39, 0.29) is 11.3 Å². The second-order valence-electron chi connectivity index (χ2n) is 6.46. The van der Waals surface area contributed by atoms with Crippen molar-refractivity contribution < 1.29 is 5.11 Å². The van der Waals surface area contributed by atoms with Crippen LogP contribution >= 0.6 is 0 Å². The summed E-state index contributed by atoms with van der Waals surface area (Å²) in [5, 5.41) is 17.4. The molecule has 3 nitrogen and oxygen atoms in total. The number of aromatic hydroxyl groups is 1. The summed E-state index contributed by atoms with van der Waals surface area (Å²) in [6.45, 7) is 6.80. The quantitative estimate of drug-likeness (QED) is 0.557. The lowest BCUT2D eigenvalue weighted by atomic mass is 9.77. The molecule has 0 aliphatic carbocycles. The summed E-state index contributed by atoms with van der Waals surface area (Å²) in [6.07, 6.45) is 12.6. The van der Waals surface area contributed by atoms with Crippen LogP contribution in [0.1, 0.15) is 90.7 Å². The fraction of sp³-hybridized carbons (Fsp3) is 0.778. The summed E-state index contributed by atoms with van der Waals surface area (Å²) in [5.41, 5.74) is 1.13. The van der Waals surface area contributed by atoms with Crippen molar-refractivity contribution in [1.29, 1.82) is 0 Å². The second-order valence-corrected chi connectivity index (χ2v) is 6.46. The molecule has 0 radical (unpaired) electrons. The van der Waals surface area contributed by atoms with Gasteiger partial charge in [-0.05, 0) is 18.9 Å². The standard InChI is InChI=1S/C18H32N2O/c1-4-6-8-9-11-15-18(3,14-10-7-5-2)16-12-13-17(21)20-19-16/h12-13H,4-11,14-15H2,1-3H3,(H,20,21). The van der Waals surface area contributed by atoms with Crippen LogP contribution < -0.4 is 0 Å². The zero-order valence-electron chi connectivity index (χ0n) is 14.1. The Balaban J connectivity index is 2.62. The number of unbranched alkanes of at least 4 members (excludes halogenated alkanes) is 6. The molecule has 0 bridgehead atoms. The molecular weight excluding hydrogens is 260 g/mol. The number of aromatic nitrogens is 2. The Morgan fingerprint density at radius 3 is 2.00 bits per heavy atom. The molecule has 0 spiro atoms. The SMILES string of the molecule is CCCCCCCC(C)(CCCCC)c1ccc(O)nn1. The Hall–Kier alpha value is -1.12. The average Bonchev–Trinajstić information content (AvgIpc) is 2.48. The number of hydrogen-bond donors (Lipinski definition) is 1. The first kappa shape index (κ1) is 17.9. The smallest absolute Gasteiger partial charge is 0.230 e. The summed E-state index contributed by atoms with van der Waals surface area (Å²) in [6, 6.07) is 3.61. The first-order chi connectivity index (χ1) is 10.1. The van der Waals surface area contributed by atoms with Gasteiger partial charge in [-0.25, -0.2) is 0 Å². The van der Waals surface area contributed by atoms with Gasteiger partial charge in [-0.3, -0.25) is 0 Å². The van der Waals surface area contributed by atoms with Crippen molar-refractivity contribution in [2.75, 3.05) is 0 Å². The fourth-order valence-electron chi connectivity index (χ4n) is 2.91. The predicted molar refractivity (Wildman–Crippen MR) is 88.6 cm³/mol. The summed E-state index contributed by atoms with van der Waals surface area (Å²) >= 11 is 0. The molecule has 3 heteroatoms. The molecule has 0 saturated heterocycles. The van der Waals surface area contributed by atoms with Crippen molar-refractivity contribution in [2.24, 2.45) is 0 Å². The van der Waals surface area contributed by atoms with Gasteiger partial charge >= 0.3 is 0 Å². The lowest BCUT2D eigenvalue weighted by molar-refractivity contribution is 0.349. The first-order valence-corrected chi connectivity index (χ1v) is 8.65. The molecule has 1 unspecified atom stereocenters. The monoisotopic (exact) mass is 292 g/mol. The van der Waals surface area contributed by atoms with Crippen LogP contribution in [0.5, 0.6) is 5.88 Å². The van der Waals surface area contributed by atoms with Gasteiger partial charge in [0.05, 0.1) is 5.69 Å². The van der Waals surface area contributed by atoms with E-state index in [2.05, 4.69) is 31.0 Å². The van der Waals surface area contributed by atoms with Gasteiger partial charge in [-0.2, -0.15) is 5.10 Å². The minimum atomic E-state index is 0.0117. The third-order valence-corrected chi connectivity index (χ3v) is 4.43. The van der Waals surface area contributed by atoms with Gasteiger partial charge in [0.15, 0.2) is 0 Å². The van der Waals surface area contributed by atoms with Crippen molar-refractivity contribution in [3.63, 3.8) is 0 Å². The molecule has 1 heterocycles. The van der Waals surface area contributed by atoms with Gasteiger partial charge in [0.2, 0.25) is 5.88 Å². The van der Waals surface area contributed by atoms with Gasteiger partial charge in [0.25, 0.3) is 0 Å². The van der Waals surface area contributed by atoms with Gasteiger partial charge in [0.1, 0.15) is 0 Å². The summed E-state index contributed by atoms with van der Waals surface area (Å²) in [4.78, 5) is 0. The molecule has 0 aliphatic heterocycles. The molecular formula is C18H32N2O. The van der Waals surface area contributed by atoms with E-state index in [4.69, 9.17) is 0 Å². The molecule has 1 atom stereocenters. The van der Waals surface area contributed by atoms with Crippen LogP contribution in [0.15, 0.2) is 12.1 Å². The maximum atomic E-state index is 9.34. The predicted octanol–water partition coefficient (Wildman–Crippen LogP) is 5.38. The molecule has 1 rings (SSSR count). The minimum Gasteiger partial charge on any atom is -0.492 e. The second kappa shape index (κ2) is 9.75. The molecule has 21 heavy (non-hydrogen) atoms. The maximum Gasteiger partial charge on any atom is 0.230 e. The zero-order chi connectivity index (χ0) is 15.6. The van der Waals surface area contributed by atoms with Gasteiger partial charge in [-0.1, -0.05) is 72.1 Å². The first-order valence-electron chi connectivity index (χ1n) is 8.65. The van der Waals surface area contributed by atoms with Crippen LogP contribution in [0.4, 0.5) is 0 Å². The number of rotatable bonds is 11. The molecule has 1 aromatic rings. The lowest BCUT2D eigenvalue weighted by Gasteiger charge is -2.29. The third kappa shape index (κ3) is 6.45. The number of nitrogens with zero attached hydrogens (tertiary/aromatic N) is 2. The lowest BCUT2D eigenvalue weighted by Crippen LogP contribution is -2.24. The molecule has 0 amide bonds. The highest BCUT2D eigenvalue weighted by atomic mass is 16.3. The maximum absolute atomic E-state index is 9.34. The van der Waals surface area contributed by atoms with E-state index in [1.54, 1.807) is 6.07 Å². The van der Waals surface area contributed by atoms with Gasteiger partial charge in [-0.15, -0.1) is 5.10 Å². The molecule has 0 saturated carbocycles. The molecule has 120 valence electrons. The Morgan fingerprint density at radius 1 is 0.857 bits per heavy atom. The van der Waals surface area contributed by atoms with Gasteiger partial charge in [0, 0.05) is 11.5 Å². The summed E-state index contributed by atoms with van der Waals surface area (Å²) < 4.78 is 0. The van der Waals surface area contributed by atoms with E-state index in [1.807, 2.05) is 6.07 Å². The Labute approximate surface area is 130 Å². The van der Waals surface area contributed by atoms with Crippen molar-refractivity contribution in [3.05, 3.63) is 17.8 Å². The molecule has 0 fully saturated rings. The minimum absolute atomic E-state index is 0.0117. The Morgan fingerprint density at radius 2 is 1.43 bits per heavy atom. The zero-order valence-corrected chi connectivity index (χ0v) is 14.1. The van der Waals surface area contributed by atoms with Crippen molar-refractivity contribution >= 4 is 0 Å². The third-order valence-electron chi connectivity index (χ3n) is 4.43. The summed E-state index contributed by atoms with van der Waals surface area (Å²) in [7, 11) is 0. The normalized spacial score (nSPS) is 14.0. The van der Waals surface area contributed by atoms with Crippen molar-refractivity contribution in [1.82, 2.24) is 10.2 Å². The average molecular weight is 292 g/mol. The van der Waals surface area contributed by atoms with E-state index in [1.165, 1.54) is 57.8 Å². The van der Waals surface area contributed by atoms with E-state index < -0.39 is 0 Å². The van der Waals surface area contributed by atoms with Crippen molar-refractivity contribution in [2.45, 2.75) is 90.4 Å². The van der Waals surface area contributed by atoms with E-state index in [9.17, 15) is 5.11 Å². The Kier molecular flexibility index (Phi) is 8.33. The highest BCUT2D eigenvalue weighted by Crippen LogP contribution is 2.34. The highest BCUT2D eigenvalue weighted by Gasteiger charge is 2.27. The van der Waals surface area contributed by atoms with E-state index in [0.717, 1.165) is 12.1 Å². The van der Waals surface area contributed by atoms with Gasteiger partial charge < -0.3 is 5.11 Å². The molecule has 1 N–H and O–H groups in total. The van der Waals surface area contributed by atoms with E-state index >= 15 is 0 Å². The van der Waals surface area contributed by atoms with Crippen LogP contribution in [0, 0.1) is 0 Å². The molecule has 1 aromatic heterocycles. The molecule has 0 aromatic carbocycles. The topological polar surface area (TPSA) is 46.0 Å². The number of hydrogen-bond acceptors (Lipinski definition) is 3. The fourth-order valence-corrected chi connectivity index (χ4v) is 2.91. The van der Waals surface area contributed by atoms with Crippen LogP contribution in [-0.2, 0) is 5.41 Å². The van der Waals surface area contributed by atoms with Crippen LogP contribution in [0.2, 0.25) is 0 Å². The highest BCUT2D eigenvalue weighted by molar-refractivity contribution is 5.18. The van der Waals surface area contributed by atoms with Crippen LogP contribution in [0.25, 0.3) is 0 Å². The van der Waals surface area contributed by atoms with Crippen LogP contribution in [-0.4, -0.2) is 15.3 Å². The summed E-state index contributed by atoms with van der Waals surface area (Å²) in [5.74, 6) is 0.0117. The van der Waals surface area contributed by atoms with Crippen molar-refractivity contribution in [3.8, 4) is 5.88 Å². The van der Waals surface area contributed by atoms with E-state index in [0.29, 0.717) is 0 Å². The largest absolute Gasteiger partial charge is 0.492 e. The van der Waals surface area contributed by atoms with Crippen LogP contribution in [0.3, 0.4) is 0 Å².